The molecule has 0 aliphatic rings. The van der Waals surface area contributed by atoms with Crippen LogP contribution in [0.5, 0.6) is 0 Å². The fourth-order valence-electron chi connectivity index (χ4n) is 4.14. The van der Waals surface area contributed by atoms with Crippen LogP contribution in [-0.2, 0) is 30.7 Å². The Kier molecular flexibility index (Phi) is 6.67. The average molecular weight is 493 g/mol. The highest BCUT2D eigenvalue weighted by molar-refractivity contribution is 6.06. The Morgan fingerprint density at radius 3 is 2.50 bits per heavy atom. The number of aryl methyl sites for hydroxylation is 1. The molecule has 0 atom stereocenters. The van der Waals surface area contributed by atoms with Gasteiger partial charge in [-0.3, -0.25) is 4.68 Å². The fourth-order valence-corrected chi connectivity index (χ4v) is 4.14. The van der Waals surface area contributed by atoms with Crippen molar-refractivity contribution in [3.8, 4) is 11.3 Å². The highest BCUT2D eigenvalue weighted by Gasteiger charge is 2.30. The molecular weight excluding hydrogens is 469 g/mol. The number of aliphatic hydroxyl groups is 1. The third-order valence-corrected chi connectivity index (χ3v) is 5.94. The van der Waals surface area contributed by atoms with Gasteiger partial charge in [0.25, 0.3) is 0 Å². The Labute approximate surface area is 205 Å². The van der Waals surface area contributed by atoms with E-state index in [1.807, 2.05) is 42.5 Å². The van der Waals surface area contributed by atoms with Gasteiger partial charge >= 0.3 is 6.18 Å². The number of hydrogen-bond acceptors (Lipinski definition) is 5. The van der Waals surface area contributed by atoms with Crippen LogP contribution in [0.25, 0.3) is 32.9 Å². The van der Waals surface area contributed by atoms with E-state index >= 15 is 0 Å². The Hall–Kier alpha value is -3.82. The van der Waals surface area contributed by atoms with Crippen LogP contribution in [0.1, 0.15) is 23.2 Å². The molecule has 184 valence electrons. The number of pyridine rings is 1. The number of rotatable bonds is 8. The van der Waals surface area contributed by atoms with Crippen molar-refractivity contribution >= 4 is 21.7 Å². The first-order chi connectivity index (χ1) is 17.4. The molecule has 1 N–H and O–H groups in total. The first-order valence-electron chi connectivity index (χ1n) is 11.5. The Morgan fingerprint density at radius 1 is 0.917 bits per heavy atom. The minimum atomic E-state index is -4.40. The molecule has 3 aromatic carbocycles. The van der Waals surface area contributed by atoms with Gasteiger partial charge in [0.1, 0.15) is 5.69 Å². The summed E-state index contributed by atoms with van der Waals surface area (Å²) in [5.41, 5.74) is 2.76. The van der Waals surface area contributed by atoms with Crippen LogP contribution < -0.4 is 0 Å². The Balaban J connectivity index is 1.48. The molecule has 0 fully saturated rings. The first kappa shape index (κ1) is 23.9. The zero-order valence-corrected chi connectivity index (χ0v) is 19.2. The van der Waals surface area contributed by atoms with Crippen molar-refractivity contribution in [2.24, 2.45) is 0 Å². The number of nitrogens with zero attached hydrogens (tertiary/aromatic N) is 4. The second kappa shape index (κ2) is 10.0. The van der Waals surface area contributed by atoms with E-state index in [0.717, 1.165) is 39.4 Å². The average Bonchev–Trinajstić information content (AvgIpc) is 3.34. The molecule has 5 rings (SSSR count). The quantitative estimate of drug-likeness (QED) is 0.279. The predicted octanol–water partition coefficient (Wildman–Crippen LogP) is 5.76. The minimum Gasteiger partial charge on any atom is -0.396 e. The standard InChI is InChI=1S/C27H23F3N4O2/c28-27(29,30)21-9-6-19(7-10-21)25-14-20(16-36-17-22-15-34(33-32-22)12-3-13-35)24-11-8-18-4-1-2-5-23(18)26(24)31-25/h1-2,4-11,14-15,35H,3,12-13,16-17H2. The number of fused-ring (bicyclic) bond motifs is 3. The van der Waals surface area contributed by atoms with E-state index in [9.17, 15) is 13.2 Å². The second-order valence-electron chi connectivity index (χ2n) is 8.47. The molecule has 5 aromatic rings. The lowest BCUT2D eigenvalue weighted by Gasteiger charge is -2.13. The molecule has 6 nitrogen and oxygen atoms in total. The van der Waals surface area contributed by atoms with Crippen LogP contribution in [0.4, 0.5) is 13.2 Å². The van der Waals surface area contributed by atoms with E-state index in [2.05, 4.69) is 10.3 Å². The number of ether oxygens (including phenoxy) is 1. The summed E-state index contributed by atoms with van der Waals surface area (Å²) in [6.07, 6.45) is -2.03. The maximum Gasteiger partial charge on any atom is 0.416 e. The molecule has 0 amide bonds. The van der Waals surface area contributed by atoms with E-state index in [0.29, 0.717) is 29.9 Å². The Bertz CT molecular complexity index is 1500. The lowest BCUT2D eigenvalue weighted by molar-refractivity contribution is -0.137. The van der Waals surface area contributed by atoms with Gasteiger partial charge in [-0.1, -0.05) is 53.7 Å². The molecule has 2 heterocycles. The highest BCUT2D eigenvalue weighted by Crippen LogP contribution is 2.33. The normalized spacial score (nSPS) is 12.0. The second-order valence-corrected chi connectivity index (χ2v) is 8.47. The van der Waals surface area contributed by atoms with Crippen LogP contribution >= 0.6 is 0 Å². The van der Waals surface area contributed by atoms with E-state index in [-0.39, 0.29) is 19.8 Å². The summed E-state index contributed by atoms with van der Waals surface area (Å²) in [5.74, 6) is 0. The molecule has 0 saturated heterocycles. The van der Waals surface area contributed by atoms with Crippen molar-refractivity contribution in [1.82, 2.24) is 20.0 Å². The lowest BCUT2D eigenvalue weighted by atomic mass is 10.00. The summed E-state index contributed by atoms with van der Waals surface area (Å²) >= 11 is 0. The number of benzene rings is 3. The summed E-state index contributed by atoms with van der Waals surface area (Å²) in [6.45, 7) is 1.15. The molecule has 0 saturated carbocycles. The highest BCUT2D eigenvalue weighted by atomic mass is 19.4. The molecule has 2 aromatic heterocycles. The van der Waals surface area contributed by atoms with Gasteiger partial charge in [0.2, 0.25) is 0 Å². The molecule has 0 unspecified atom stereocenters. The maximum atomic E-state index is 13.1. The van der Waals surface area contributed by atoms with Crippen LogP contribution in [0.15, 0.2) is 72.9 Å². The van der Waals surface area contributed by atoms with Gasteiger partial charge in [0.05, 0.1) is 36.2 Å². The third kappa shape index (κ3) is 5.07. The van der Waals surface area contributed by atoms with Crippen molar-refractivity contribution < 1.29 is 23.0 Å². The lowest BCUT2D eigenvalue weighted by Crippen LogP contribution is -2.04. The zero-order valence-electron chi connectivity index (χ0n) is 19.2. The molecule has 0 aliphatic heterocycles. The van der Waals surface area contributed by atoms with E-state index in [1.165, 1.54) is 12.1 Å². The smallest absolute Gasteiger partial charge is 0.396 e. The van der Waals surface area contributed by atoms with Gasteiger partial charge in [0.15, 0.2) is 0 Å². The third-order valence-electron chi connectivity index (χ3n) is 5.94. The summed E-state index contributed by atoms with van der Waals surface area (Å²) < 4.78 is 46.8. The number of alkyl halides is 3. The van der Waals surface area contributed by atoms with E-state index < -0.39 is 11.7 Å². The van der Waals surface area contributed by atoms with Gasteiger partial charge in [-0.2, -0.15) is 13.2 Å². The molecular formula is C27H23F3N4O2. The van der Waals surface area contributed by atoms with Crippen molar-refractivity contribution in [3.05, 3.63) is 89.7 Å². The van der Waals surface area contributed by atoms with Gasteiger partial charge in [-0.15, -0.1) is 5.10 Å². The van der Waals surface area contributed by atoms with Gasteiger partial charge in [-0.05, 0) is 35.6 Å². The first-order valence-corrected chi connectivity index (χ1v) is 11.5. The monoisotopic (exact) mass is 492 g/mol. The summed E-state index contributed by atoms with van der Waals surface area (Å²) in [6, 6.07) is 18.8. The molecule has 0 aliphatic carbocycles. The van der Waals surface area contributed by atoms with Crippen LogP contribution in [0, 0.1) is 0 Å². The SMILES string of the molecule is OCCCn1cc(COCc2cc(-c3ccc(C(F)(F)F)cc3)nc3c2ccc2ccccc23)nn1. The van der Waals surface area contributed by atoms with Crippen molar-refractivity contribution in [1.29, 1.82) is 0 Å². The molecule has 0 bridgehead atoms. The van der Waals surface area contributed by atoms with Crippen molar-refractivity contribution in [3.63, 3.8) is 0 Å². The largest absolute Gasteiger partial charge is 0.416 e. The molecule has 0 spiro atoms. The predicted molar refractivity (Wildman–Crippen MR) is 130 cm³/mol. The number of aliphatic hydroxyl groups excluding tert-OH is 1. The summed E-state index contributed by atoms with van der Waals surface area (Å²) in [4.78, 5) is 4.84. The van der Waals surface area contributed by atoms with Gasteiger partial charge in [0, 0.05) is 29.5 Å². The fraction of sp³-hybridized carbons (Fsp3) is 0.222. The van der Waals surface area contributed by atoms with Gasteiger partial charge in [-0.25, -0.2) is 4.98 Å². The van der Waals surface area contributed by atoms with E-state index in [4.69, 9.17) is 14.8 Å². The van der Waals surface area contributed by atoms with E-state index in [1.54, 1.807) is 10.9 Å². The van der Waals surface area contributed by atoms with Crippen molar-refractivity contribution in [2.45, 2.75) is 32.4 Å². The van der Waals surface area contributed by atoms with Crippen LogP contribution in [-0.4, -0.2) is 31.7 Å². The molecule has 9 heteroatoms. The Morgan fingerprint density at radius 2 is 1.72 bits per heavy atom. The minimum absolute atomic E-state index is 0.0801. The molecule has 0 radical (unpaired) electrons. The number of hydrogen-bond donors (Lipinski definition) is 1. The zero-order chi connectivity index (χ0) is 25.1. The van der Waals surface area contributed by atoms with Crippen LogP contribution in [0.2, 0.25) is 0 Å². The molecule has 36 heavy (non-hydrogen) atoms. The van der Waals surface area contributed by atoms with Crippen LogP contribution in [0.3, 0.4) is 0 Å². The van der Waals surface area contributed by atoms with Crippen molar-refractivity contribution in [2.75, 3.05) is 6.61 Å². The summed E-state index contributed by atoms with van der Waals surface area (Å²) in [5, 5.41) is 20.0. The van der Waals surface area contributed by atoms with Gasteiger partial charge < -0.3 is 9.84 Å². The number of aromatic nitrogens is 4. The summed E-state index contributed by atoms with van der Waals surface area (Å²) in [7, 11) is 0. The number of halogens is 3. The topological polar surface area (TPSA) is 73.1 Å². The maximum absolute atomic E-state index is 13.1.